The Morgan fingerprint density at radius 1 is 0.867 bits per heavy atom. The molecule has 0 heterocycles. The molecular weight excluding hydrogens is 287 g/mol. The fourth-order valence-electron chi connectivity index (χ4n) is 0.289. The Bertz CT molecular complexity index is 330. The second kappa shape index (κ2) is 9.08. The predicted octanol–water partition coefficient (Wildman–Crippen LogP) is -0.567. The average molecular weight is 297 g/mol. The first-order valence-electron chi connectivity index (χ1n) is 3.21. The van der Waals surface area contributed by atoms with E-state index in [1.165, 1.54) is 0 Å². The van der Waals surface area contributed by atoms with E-state index in [2.05, 4.69) is 13.2 Å². The monoisotopic (exact) mass is 297 g/mol. The molecule has 0 aromatic rings. The van der Waals surface area contributed by atoms with Gasteiger partial charge in [0.25, 0.3) is 0 Å². The summed E-state index contributed by atoms with van der Waals surface area (Å²) < 4.78 is 57.6. The average Bonchev–Trinajstić information content (AvgIpc) is 1.81. The van der Waals surface area contributed by atoms with Gasteiger partial charge in [0.1, 0.15) is 0 Å². The summed E-state index contributed by atoms with van der Waals surface area (Å²) in [6.07, 6.45) is 2.12. The Balaban J connectivity index is -0.000000180. The number of hydrogen-bond acceptors (Lipinski definition) is 6. The number of hydrogen-bond donors (Lipinski definition) is 0. The molecule has 0 aliphatic carbocycles. The fourth-order valence-corrected chi connectivity index (χ4v) is 0.866. The standard InChI is InChI=1S/2C3H6O3S.Mn/c2*1-2-3-7(4,5)6;/h2*2H,1,3H2,(H,4,5,6);/q;;+2/p-2. The summed E-state index contributed by atoms with van der Waals surface area (Å²) in [5, 5.41) is 0. The van der Waals surface area contributed by atoms with E-state index in [9.17, 15) is 25.9 Å². The first-order valence-corrected chi connectivity index (χ1v) is 6.37. The van der Waals surface area contributed by atoms with Crippen molar-refractivity contribution in [3.8, 4) is 0 Å². The molecule has 0 rings (SSSR count). The third kappa shape index (κ3) is 31.6. The summed E-state index contributed by atoms with van der Waals surface area (Å²) in [6, 6.07) is 0. The molecule has 6 nitrogen and oxygen atoms in total. The first kappa shape index (κ1) is 20.3. The van der Waals surface area contributed by atoms with Gasteiger partial charge in [-0.05, 0) is 0 Å². The Hall–Kier alpha value is -0.181. The largest absolute Gasteiger partial charge is 2.00 e. The Labute approximate surface area is 100 Å². The van der Waals surface area contributed by atoms with E-state index in [4.69, 9.17) is 0 Å². The van der Waals surface area contributed by atoms with Crippen LogP contribution in [0.5, 0.6) is 0 Å². The smallest absolute Gasteiger partial charge is 0.748 e. The molecule has 0 saturated carbocycles. The van der Waals surface area contributed by atoms with Gasteiger partial charge in [-0.3, -0.25) is 0 Å². The minimum Gasteiger partial charge on any atom is -0.748 e. The summed E-state index contributed by atoms with van der Waals surface area (Å²) in [4.78, 5) is 0. The molecule has 15 heavy (non-hydrogen) atoms. The van der Waals surface area contributed by atoms with Crippen molar-refractivity contribution >= 4 is 20.2 Å². The van der Waals surface area contributed by atoms with Gasteiger partial charge >= 0.3 is 17.1 Å². The van der Waals surface area contributed by atoms with Crippen molar-refractivity contribution < 1.29 is 43.0 Å². The zero-order chi connectivity index (χ0) is 11.8. The molecule has 0 aromatic heterocycles. The molecule has 9 heteroatoms. The molecule has 0 aromatic carbocycles. The van der Waals surface area contributed by atoms with E-state index in [-0.39, 0.29) is 17.1 Å². The number of rotatable bonds is 4. The summed E-state index contributed by atoms with van der Waals surface area (Å²) in [6.45, 7) is 6.13. The van der Waals surface area contributed by atoms with Crippen molar-refractivity contribution in [2.75, 3.05) is 11.5 Å². The SMILES string of the molecule is C=CCS(=O)(=O)[O-].C=CCS(=O)(=O)[O-].[Mn+2]. The van der Waals surface area contributed by atoms with E-state index in [1.807, 2.05) is 0 Å². The molecule has 0 atom stereocenters. The third-order valence-electron chi connectivity index (χ3n) is 0.644. The van der Waals surface area contributed by atoms with E-state index < -0.39 is 31.7 Å². The minimum atomic E-state index is -4.04. The summed E-state index contributed by atoms with van der Waals surface area (Å²) in [5.74, 6) is -0.958. The van der Waals surface area contributed by atoms with Gasteiger partial charge in [-0.2, -0.15) is 0 Å². The Morgan fingerprint density at radius 2 is 1.07 bits per heavy atom. The predicted molar refractivity (Wildman–Crippen MR) is 49.5 cm³/mol. The summed E-state index contributed by atoms with van der Waals surface area (Å²) in [7, 11) is -8.08. The normalized spacial score (nSPS) is 10.3. The quantitative estimate of drug-likeness (QED) is 0.390. The van der Waals surface area contributed by atoms with Gasteiger partial charge in [-0.1, -0.05) is 12.2 Å². The van der Waals surface area contributed by atoms with Gasteiger partial charge in [-0.25, -0.2) is 16.8 Å². The molecule has 0 aliphatic heterocycles. The molecular formula is C6H10MnO6S2. The zero-order valence-electron chi connectivity index (χ0n) is 7.63. The van der Waals surface area contributed by atoms with Gasteiger partial charge in [0.05, 0.1) is 31.7 Å². The maximum atomic E-state index is 9.60. The second-order valence-electron chi connectivity index (χ2n) is 2.03. The van der Waals surface area contributed by atoms with Crippen LogP contribution in [0.1, 0.15) is 0 Å². The van der Waals surface area contributed by atoms with Crippen LogP contribution in [0, 0.1) is 0 Å². The first-order chi connectivity index (χ1) is 6.12. The van der Waals surface area contributed by atoms with Crippen molar-refractivity contribution in [3.63, 3.8) is 0 Å². The second-order valence-corrected chi connectivity index (χ2v) is 4.92. The van der Waals surface area contributed by atoms with Gasteiger partial charge in [0.15, 0.2) is 0 Å². The van der Waals surface area contributed by atoms with Crippen LogP contribution in [-0.2, 0) is 37.3 Å². The van der Waals surface area contributed by atoms with Crippen LogP contribution < -0.4 is 0 Å². The molecule has 0 amide bonds. The summed E-state index contributed by atoms with van der Waals surface area (Å²) in [5.41, 5.74) is 0. The minimum absolute atomic E-state index is 0. The maximum absolute atomic E-state index is 9.60. The van der Waals surface area contributed by atoms with Crippen molar-refractivity contribution in [3.05, 3.63) is 25.3 Å². The molecule has 1 radical (unpaired) electrons. The molecule has 0 fully saturated rings. The third-order valence-corrected chi connectivity index (χ3v) is 1.93. The van der Waals surface area contributed by atoms with Crippen LogP contribution in [-0.4, -0.2) is 37.4 Å². The topological polar surface area (TPSA) is 114 Å². The van der Waals surface area contributed by atoms with Crippen LogP contribution in [0.25, 0.3) is 0 Å². The van der Waals surface area contributed by atoms with E-state index in [0.29, 0.717) is 0 Å². The van der Waals surface area contributed by atoms with Crippen molar-refractivity contribution in [1.29, 1.82) is 0 Å². The van der Waals surface area contributed by atoms with Crippen LogP contribution in [0.2, 0.25) is 0 Å². The van der Waals surface area contributed by atoms with Crippen molar-refractivity contribution in [2.45, 2.75) is 0 Å². The molecule has 89 valence electrons. The van der Waals surface area contributed by atoms with Crippen LogP contribution in [0.4, 0.5) is 0 Å². The maximum Gasteiger partial charge on any atom is 2.00 e. The van der Waals surface area contributed by atoms with Crippen molar-refractivity contribution in [2.24, 2.45) is 0 Å². The van der Waals surface area contributed by atoms with Crippen LogP contribution in [0.3, 0.4) is 0 Å². The van der Waals surface area contributed by atoms with Gasteiger partial charge < -0.3 is 9.11 Å². The summed E-state index contributed by atoms with van der Waals surface area (Å²) >= 11 is 0. The van der Waals surface area contributed by atoms with E-state index in [0.717, 1.165) is 12.2 Å². The molecule has 0 N–H and O–H groups in total. The van der Waals surface area contributed by atoms with Gasteiger partial charge in [-0.15, -0.1) is 13.2 Å². The van der Waals surface area contributed by atoms with Crippen LogP contribution >= 0.6 is 0 Å². The Morgan fingerprint density at radius 3 is 1.07 bits per heavy atom. The van der Waals surface area contributed by atoms with E-state index in [1.54, 1.807) is 0 Å². The van der Waals surface area contributed by atoms with Gasteiger partial charge in [0, 0.05) is 0 Å². The molecule has 0 unspecified atom stereocenters. The van der Waals surface area contributed by atoms with Crippen LogP contribution in [0.15, 0.2) is 25.3 Å². The Kier molecular flexibility index (Phi) is 12.3. The fraction of sp³-hybridized carbons (Fsp3) is 0.333. The molecule has 0 saturated heterocycles. The van der Waals surface area contributed by atoms with E-state index >= 15 is 0 Å². The molecule has 0 bridgehead atoms. The molecule has 0 aliphatic rings. The van der Waals surface area contributed by atoms with Crippen molar-refractivity contribution in [1.82, 2.24) is 0 Å². The molecule has 0 spiro atoms. The zero-order valence-corrected chi connectivity index (χ0v) is 10.4. The van der Waals surface area contributed by atoms with Gasteiger partial charge in [0.2, 0.25) is 0 Å².